The molecule has 0 spiro atoms. The summed E-state index contributed by atoms with van der Waals surface area (Å²) in [7, 11) is 0. The molecule has 1 aromatic heterocycles. The number of pyridine rings is 1. The maximum Gasteiger partial charge on any atom is 0.323 e. The van der Waals surface area contributed by atoms with Crippen LogP contribution in [0, 0.1) is 0 Å². The van der Waals surface area contributed by atoms with Gasteiger partial charge in [0.25, 0.3) is 11.5 Å². The Bertz CT molecular complexity index is 753. The average Bonchev–Trinajstić information content (AvgIpc) is 2.48. The Morgan fingerprint density at radius 1 is 1.18 bits per heavy atom. The molecule has 2 N–H and O–H groups in total. The van der Waals surface area contributed by atoms with E-state index in [9.17, 15) is 14.4 Å². The molecule has 1 heterocycles. The third-order valence-corrected chi connectivity index (χ3v) is 3.47. The van der Waals surface area contributed by atoms with Crippen molar-refractivity contribution in [1.82, 2.24) is 9.88 Å². The van der Waals surface area contributed by atoms with E-state index in [0.29, 0.717) is 0 Å². The molecule has 0 atom stereocenters. The molecule has 114 valence electrons. The van der Waals surface area contributed by atoms with Gasteiger partial charge < -0.3 is 15.0 Å². The van der Waals surface area contributed by atoms with Gasteiger partial charge in [-0.25, -0.2) is 0 Å². The van der Waals surface area contributed by atoms with Gasteiger partial charge in [-0.05, 0) is 29.8 Å². The minimum atomic E-state index is -1.14. The third-order valence-electron chi connectivity index (χ3n) is 2.94. The minimum Gasteiger partial charge on any atom is -0.480 e. The van der Waals surface area contributed by atoms with Crippen LogP contribution in [0.1, 0.15) is 15.9 Å². The quantitative estimate of drug-likeness (QED) is 0.843. The number of carboxylic acids is 1. The van der Waals surface area contributed by atoms with Crippen molar-refractivity contribution in [2.75, 3.05) is 0 Å². The van der Waals surface area contributed by atoms with Gasteiger partial charge in [0.1, 0.15) is 12.1 Å². The molecule has 0 unspecified atom stereocenters. The number of rotatable bonds is 5. The Morgan fingerprint density at radius 2 is 1.86 bits per heavy atom. The van der Waals surface area contributed by atoms with Gasteiger partial charge in [-0.3, -0.25) is 14.4 Å². The molecule has 2 rings (SSSR count). The maximum absolute atomic E-state index is 12.1. The fourth-order valence-electron chi connectivity index (χ4n) is 1.86. The monoisotopic (exact) mass is 364 g/mol. The molecule has 0 radical (unpaired) electrons. The summed E-state index contributed by atoms with van der Waals surface area (Å²) in [4.78, 5) is 34.8. The number of benzene rings is 1. The molecule has 0 aliphatic heterocycles. The van der Waals surface area contributed by atoms with Crippen LogP contribution in [0.4, 0.5) is 0 Å². The van der Waals surface area contributed by atoms with Gasteiger partial charge in [0.05, 0.1) is 0 Å². The lowest BCUT2D eigenvalue weighted by Crippen LogP contribution is -2.33. The molecular formula is C15H13BrN2O4. The van der Waals surface area contributed by atoms with E-state index < -0.39 is 24.0 Å². The number of aromatic nitrogens is 1. The molecule has 0 aliphatic rings. The number of carboxylic acid groups (broad SMARTS) is 1. The Hall–Kier alpha value is -2.41. The first-order valence-electron chi connectivity index (χ1n) is 6.41. The lowest BCUT2D eigenvalue weighted by atomic mass is 10.2. The van der Waals surface area contributed by atoms with E-state index in [-0.39, 0.29) is 12.1 Å². The van der Waals surface area contributed by atoms with Crippen molar-refractivity contribution < 1.29 is 14.7 Å². The van der Waals surface area contributed by atoms with Crippen LogP contribution in [-0.4, -0.2) is 21.6 Å². The predicted molar refractivity (Wildman–Crippen MR) is 83.7 cm³/mol. The highest BCUT2D eigenvalue weighted by Crippen LogP contribution is 2.10. The largest absolute Gasteiger partial charge is 0.480 e. The molecule has 0 bridgehead atoms. The summed E-state index contributed by atoms with van der Waals surface area (Å²) in [6, 6.07) is 10.2. The summed E-state index contributed by atoms with van der Waals surface area (Å²) in [6.45, 7) is -0.202. The van der Waals surface area contributed by atoms with Crippen molar-refractivity contribution >= 4 is 27.8 Å². The van der Waals surface area contributed by atoms with E-state index in [0.717, 1.165) is 14.6 Å². The zero-order valence-corrected chi connectivity index (χ0v) is 13.0. The van der Waals surface area contributed by atoms with Crippen molar-refractivity contribution in [3.05, 3.63) is 68.5 Å². The van der Waals surface area contributed by atoms with Gasteiger partial charge in [-0.15, -0.1) is 0 Å². The summed E-state index contributed by atoms with van der Waals surface area (Å²) < 4.78 is 1.92. The lowest BCUT2D eigenvalue weighted by Gasteiger charge is -2.07. The van der Waals surface area contributed by atoms with Crippen LogP contribution < -0.4 is 10.9 Å². The molecule has 1 amide bonds. The molecule has 1 aromatic carbocycles. The van der Waals surface area contributed by atoms with E-state index in [2.05, 4.69) is 21.2 Å². The maximum atomic E-state index is 12.1. The second kappa shape index (κ2) is 7.04. The van der Waals surface area contributed by atoms with Crippen LogP contribution in [0.15, 0.2) is 51.9 Å². The highest BCUT2D eigenvalue weighted by atomic mass is 79.9. The molecular weight excluding hydrogens is 352 g/mol. The van der Waals surface area contributed by atoms with Crippen molar-refractivity contribution in [3.8, 4) is 0 Å². The standard InChI is InChI=1S/C15H13BrN2O4/c16-11-5-3-10(4-6-11)8-17-14(21)12-2-1-7-18(15(12)22)9-13(19)20/h1-7H,8-9H2,(H,17,21)(H,19,20). The van der Waals surface area contributed by atoms with E-state index >= 15 is 0 Å². The van der Waals surface area contributed by atoms with Crippen LogP contribution in [0.2, 0.25) is 0 Å². The van der Waals surface area contributed by atoms with Crippen LogP contribution in [0.3, 0.4) is 0 Å². The predicted octanol–water partition coefficient (Wildman–Crippen LogP) is 1.63. The number of carbonyl (C=O) groups excluding carboxylic acids is 1. The second-order valence-electron chi connectivity index (χ2n) is 4.56. The topological polar surface area (TPSA) is 88.4 Å². The number of hydrogen-bond acceptors (Lipinski definition) is 3. The van der Waals surface area contributed by atoms with Crippen molar-refractivity contribution in [3.63, 3.8) is 0 Å². The van der Waals surface area contributed by atoms with Gasteiger partial charge in [-0.2, -0.15) is 0 Å². The Balaban J connectivity index is 2.11. The van der Waals surface area contributed by atoms with Crippen molar-refractivity contribution in [2.24, 2.45) is 0 Å². The molecule has 0 saturated carbocycles. The first kappa shape index (κ1) is 16.0. The number of amides is 1. The zero-order chi connectivity index (χ0) is 16.1. The summed E-state index contributed by atoms with van der Waals surface area (Å²) in [6.07, 6.45) is 1.34. The van der Waals surface area contributed by atoms with Crippen LogP contribution in [-0.2, 0) is 17.9 Å². The lowest BCUT2D eigenvalue weighted by molar-refractivity contribution is -0.137. The van der Waals surface area contributed by atoms with E-state index in [1.54, 1.807) is 0 Å². The molecule has 2 aromatic rings. The molecule has 22 heavy (non-hydrogen) atoms. The molecule has 6 nitrogen and oxygen atoms in total. The fourth-order valence-corrected chi connectivity index (χ4v) is 2.12. The fraction of sp³-hybridized carbons (Fsp3) is 0.133. The summed E-state index contributed by atoms with van der Waals surface area (Å²) in [5.41, 5.74) is 0.178. The Morgan fingerprint density at radius 3 is 2.50 bits per heavy atom. The first-order valence-corrected chi connectivity index (χ1v) is 7.20. The van der Waals surface area contributed by atoms with Gasteiger partial charge in [0.15, 0.2) is 0 Å². The number of halogens is 1. The normalized spacial score (nSPS) is 10.2. The minimum absolute atomic E-state index is 0.0825. The van der Waals surface area contributed by atoms with Crippen LogP contribution in [0.25, 0.3) is 0 Å². The van der Waals surface area contributed by atoms with E-state index in [4.69, 9.17) is 5.11 Å². The highest BCUT2D eigenvalue weighted by molar-refractivity contribution is 9.10. The summed E-state index contributed by atoms with van der Waals surface area (Å²) >= 11 is 3.32. The van der Waals surface area contributed by atoms with Gasteiger partial charge in [-0.1, -0.05) is 28.1 Å². The average molecular weight is 365 g/mol. The zero-order valence-electron chi connectivity index (χ0n) is 11.5. The van der Waals surface area contributed by atoms with E-state index in [1.165, 1.54) is 18.3 Å². The van der Waals surface area contributed by atoms with Gasteiger partial charge in [0.2, 0.25) is 0 Å². The molecule has 7 heteroatoms. The molecule has 0 aliphatic carbocycles. The number of hydrogen-bond donors (Lipinski definition) is 2. The summed E-state index contributed by atoms with van der Waals surface area (Å²) in [5.74, 6) is -1.68. The summed E-state index contributed by atoms with van der Waals surface area (Å²) in [5, 5.41) is 11.4. The smallest absolute Gasteiger partial charge is 0.323 e. The molecule has 0 saturated heterocycles. The van der Waals surface area contributed by atoms with Crippen molar-refractivity contribution in [2.45, 2.75) is 13.1 Å². The number of carbonyl (C=O) groups is 2. The first-order chi connectivity index (χ1) is 10.5. The van der Waals surface area contributed by atoms with Crippen LogP contribution in [0.5, 0.6) is 0 Å². The third kappa shape index (κ3) is 4.05. The number of nitrogens with zero attached hydrogens (tertiary/aromatic N) is 1. The Kier molecular flexibility index (Phi) is 5.11. The highest BCUT2D eigenvalue weighted by Gasteiger charge is 2.13. The van der Waals surface area contributed by atoms with Crippen molar-refractivity contribution in [1.29, 1.82) is 0 Å². The second-order valence-corrected chi connectivity index (χ2v) is 5.47. The SMILES string of the molecule is O=C(O)Cn1cccc(C(=O)NCc2ccc(Br)cc2)c1=O. The van der Waals surface area contributed by atoms with E-state index in [1.807, 2.05) is 24.3 Å². The van der Waals surface area contributed by atoms with Crippen LogP contribution >= 0.6 is 15.9 Å². The number of nitrogens with one attached hydrogen (secondary N) is 1. The van der Waals surface area contributed by atoms with Gasteiger partial charge >= 0.3 is 5.97 Å². The Labute approximate surface area is 134 Å². The number of aliphatic carboxylic acids is 1. The van der Waals surface area contributed by atoms with Gasteiger partial charge in [0, 0.05) is 17.2 Å². The molecule has 0 fully saturated rings.